The van der Waals surface area contributed by atoms with Crippen molar-refractivity contribution in [3.8, 4) is 28.7 Å². The summed E-state index contributed by atoms with van der Waals surface area (Å²) >= 11 is 11.8. The molecule has 0 saturated carbocycles. The molecule has 44 nitrogen and oxygen atoms in total. The Morgan fingerprint density at radius 2 is 1.06 bits per heavy atom. The molecule has 1 fully saturated rings. The smallest absolute Gasteiger partial charge is 0.326 e. The zero-order chi connectivity index (χ0) is 84.9. The second kappa shape index (κ2) is 46.1. The lowest BCUT2D eigenvalue weighted by Gasteiger charge is -2.19. The Hall–Kier alpha value is -13.8. The van der Waals surface area contributed by atoms with Crippen molar-refractivity contribution in [2.45, 2.75) is 11.3 Å². The minimum Gasteiger partial charge on any atom is -0.594 e. The van der Waals surface area contributed by atoms with Crippen LogP contribution >= 0.6 is 23.2 Å². The van der Waals surface area contributed by atoms with E-state index in [0.717, 1.165) is 43.8 Å². The van der Waals surface area contributed by atoms with Gasteiger partial charge in [0.1, 0.15) is 83.8 Å². The lowest BCUT2D eigenvalue weighted by molar-refractivity contribution is -0.668. The summed E-state index contributed by atoms with van der Waals surface area (Å²) in [6.45, 7) is 7.57. The molecule has 1 aliphatic heterocycles. The van der Waals surface area contributed by atoms with Gasteiger partial charge in [0.05, 0.1) is 61.6 Å². The van der Waals surface area contributed by atoms with Crippen molar-refractivity contribution in [1.29, 1.82) is 0 Å². The Morgan fingerprint density at radius 1 is 0.538 bits per heavy atom. The van der Waals surface area contributed by atoms with Crippen LogP contribution < -0.4 is 105 Å². The van der Waals surface area contributed by atoms with Crippen molar-refractivity contribution in [1.82, 2.24) is 101 Å². The average Bonchev–Trinajstić information content (AvgIpc) is 1.12. The summed E-state index contributed by atoms with van der Waals surface area (Å²) < 4.78 is 54.4. The number of nitrogens with zero attached hydrogens (tertiary/aromatic N) is 20. The van der Waals surface area contributed by atoms with Crippen molar-refractivity contribution < 1.29 is 51.4 Å². The number of halogens is 2. The maximum Gasteiger partial charge on any atom is 0.326 e. The van der Waals surface area contributed by atoms with Crippen LogP contribution in [0.2, 0.25) is 10.0 Å². The van der Waals surface area contributed by atoms with Crippen LogP contribution in [-0.4, -0.2) is 224 Å². The highest BCUT2D eigenvalue weighted by Gasteiger charge is 2.25. The molecule has 624 valence electrons. The molecule has 119 heavy (non-hydrogen) atoms. The van der Waals surface area contributed by atoms with Crippen LogP contribution in [0.25, 0.3) is 44.1 Å². The summed E-state index contributed by atoms with van der Waals surface area (Å²) in [5, 5.41) is 80.2. The minimum atomic E-state index is -3.53. The lowest BCUT2D eigenvalue weighted by atomic mass is 10.3. The predicted octanol–water partition coefficient (Wildman–Crippen LogP) is 3.94. The number of hydrogen-bond acceptors (Lipinski definition) is 37. The van der Waals surface area contributed by atoms with Gasteiger partial charge >= 0.3 is 12.1 Å². The van der Waals surface area contributed by atoms with E-state index in [1.165, 1.54) is 29.0 Å². The first-order chi connectivity index (χ1) is 57.5. The van der Waals surface area contributed by atoms with Crippen LogP contribution in [0.5, 0.6) is 28.7 Å². The Bertz CT molecular complexity index is 5560. The molecule has 19 N–H and O–H groups in total. The Balaban J connectivity index is 0.000000165. The zero-order valence-electron chi connectivity index (χ0n) is 64.3. The number of nitrogens with two attached hydrogens (primary N) is 6. The van der Waals surface area contributed by atoms with E-state index in [1.54, 1.807) is 103 Å². The lowest BCUT2D eigenvalue weighted by Crippen LogP contribution is -2.34. The van der Waals surface area contributed by atoms with Gasteiger partial charge in [-0.1, -0.05) is 40.2 Å². The number of aromatic nitrogens is 18. The van der Waals surface area contributed by atoms with E-state index in [2.05, 4.69) is 123 Å². The largest absolute Gasteiger partial charge is 0.594 e. The fourth-order valence-electron chi connectivity index (χ4n) is 9.92. The van der Waals surface area contributed by atoms with Crippen molar-refractivity contribution in [2.75, 3.05) is 157 Å². The summed E-state index contributed by atoms with van der Waals surface area (Å²) in [6, 6.07) is 38.0. The molecule has 1 aliphatic rings. The predicted molar refractivity (Wildman–Crippen MR) is 446 cm³/mol. The van der Waals surface area contributed by atoms with Crippen molar-refractivity contribution in [3.63, 3.8) is 0 Å². The van der Waals surface area contributed by atoms with Crippen LogP contribution in [0.3, 0.4) is 0 Å². The number of sulfonamides is 1. The normalized spacial score (nSPS) is 11.7. The van der Waals surface area contributed by atoms with E-state index in [9.17, 15) is 28.4 Å². The van der Waals surface area contributed by atoms with Crippen LogP contribution in [0.4, 0.5) is 62.3 Å². The third-order valence-corrected chi connectivity index (χ3v) is 17.7. The van der Waals surface area contributed by atoms with E-state index in [4.69, 9.17) is 81.3 Å². The van der Waals surface area contributed by atoms with Gasteiger partial charge in [-0.3, -0.25) is 10.6 Å². The van der Waals surface area contributed by atoms with Crippen LogP contribution in [-0.2, 0) is 10.0 Å². The van der Waals surface area contributed by atoms with Gasteiger partial charge in [-0.2, -0.15) is 9.40 Å². The number of amides is 4. The number of rotatable bonds is 25. The molecule has 0 unspecified atom stereocenters. The third kappa shape index (κ3) is 29.2. The fourth-order valence-corrected chi connectivity index (χ4v) is 11.7. The Morgan fingerprint density at radius 3 is 1.58 bits per heavy atom. The second-order valence-electron chi connectivity index (χ2n) is 24.5. The molecule has 13 aromatic rings. The van der Waals surface area contributed by atoms with Crippen LogP contribution in [0.15, 0.2) is 169 Å². The monoisotopic (exact) mass is 1690 g/mol. The number of benzene rings is 7. The molecule has 0 aliphatic carbocycles. The number of ether oxygens (including phenoxy) is 5. The molecule has 0 bridgehead atoms. The standard InChI is InChI=1S/C18H20N6O3S.C12H13ClN6O3.C12H13ClN6O2.C11H15N5O.C10H13N5O.C9H11N5O/c25-24-17-5-2-1-4-16(17)21-18(22-24)20-14-6-8-15(9-7-14)28(26,27)23-12-3-10-19-11-13-23;13-8-1-2-10(22-6-3-14)9(7-8)16-12(20)17-11-15-4-5-19(21)18-11;13-8-1-2-10(21-6-3-14)9(7-8)17-12(20)18-11-15-4-5-16-19-11;1-16(2)5-6-17-8-3-4-9-10(7-8)13-11(12)15-14-9;1-12-4-5-16-7-2-3-8-9(6-7)13-10(11)15-14-8;10-3-4-15-6-1-2-7-8(5-6)12-9(11)14-13-7/h1-2,4-9,19H,3,10-13H2,(H,20,21,22);1-2,4-5,7H,3,6,14H2,(H2,15,16,17,18,20);1-2,4-5,7H,3,6,14H2,(H2,15,17,18,19,20);3-4,7H,5-6H2,1-2H3,(H2,12,13,15);2-3,6,12H,4-5H2,1H3,(H2,11,13,15);1-2,5H,3-4,10H2,(H2,11,12,14). The molecular formula is C72H85Cl2N33O11S. The van der Waals surface area contributed by atoms with Gasteiger partial charge in [0.15, 0.2) is 0 Å². The molecular weight excluding hydrogens is 1610 g/mol. The number of carbonyl (C=O) groups excluding carboxylic acids is 2. The summed E-state index contributed by atoms with van der Waals surface area (Å²) in [4.78, 5) is 50.9. The van der Waals surface area contributed by atoms with Gasteiger partial charge in [0, 0.05) is 92.4 Å². The van der Waals surface area contributed by atoms with E-state index in [0.29, 0.717) is 159 Å². The molecule has 47 heteroatoms. The number of hydrogen-bond donors (Lipinski definition) is 13. The number of nitrogen functional groups attached to an aromatic ring is 3. The fraction of sp³-hybridized carbons (Fsp3) is 0.250. The topological polar surface area (TPSA) is 621 Å². The Labute approximate surface area is 689 Å². The quantitative estimate of drug-likeness (QED) is 0.0219. The van der Waals surface area contributed by atoms with Gasteiger partial charge in [-0.25, -0.2) is 47.9 Å². The molecule has 4 amide bonds. The number of urea groups is 2. The molecule has 6 aromatic heterocycles. The molecule has 1 saturated heterocycles. The number of fused-ring (bicyclic) bond motifs is 4. The molecule has 0 atom stereocenters. The van der Waals surface area contributed by atoms with E-state index >= 15 is 0 Å². The molecule has 0 spiro atoms. The minimum absolute atomic E-state index is 0.0847. The van der Waals surface area contributed by atoms with Gasteiger partial charge in [-0.05, 0) is 142 Å². The zero-order valence-corrected chi connectivity index (χ0v) is 66.6. The summed E-state index contributed by atoms with van der Waals surface area (Å²) in [5.74, 6) is 3.67. The van der Waals surface area contributed by atoms with Crippen molar-refractivity contribution >= 4 is 142 Å². The highest BCUT2D eigenvalue weighted by molar-refractivity contribution is 7.89. The maximum atomic E-state index is 12.8. The highest BCUT2D eigenvalue weighted by atomic mass is 35.5. The molecule has 7 aromatic carbocycles. The highest BCUT2D eigenvalue weighted by Crippen LogP contribution is 2.30. The van der Waals surface area contributed by atoms with E-state index in [-0.39, 0.29) is 52.0 Å². The van der Waals surface area contributed by atoms with Gasteiger partial charge < -0.3 is 100.0 Å². The third-order valence-electron chi connectivity index (χ3n) is 15.3. The van der Waals surface area contributed by atoms with Crippen LogP contribution in [0, 0.1) is 10.4 Å². The number of nitrogens with one attached hydrogen (secondary N) is 7. The van der Waals surface area contributed by atoms with Gasteiger partial charge in [-0.15, -0.1) is 35.7 Å². The number of likely N-dealkylation sites (N-methyl/N-ethyl adjacent to an activating group) is 2. The molecule has 0 radical (unpaired) electrons. The first-order valence-electron chi connectivity index (χ1n) is 36.0. The first-order valence-corrected chi connectivity index (χ1v) is 38.2. The Kier molecular flexibility index (Phi) is 34.5. The summed E-state index contributed by atoms with van der Waals surface area (Å²) in [6.07, 6.45) is 5.91. The maximum absolute atomic E-state index is 12.8. The van der Waals surface area contributed by atoms with Crippen molar-refractivity contribution in [2.24, 2.45) is 17.2 Å². The summed E-state index contributed by atoms with van der Waals surface area (Å²) in [5.41, 5.74) is 38.9. The number of anilines is 9. The number of carbonyl (C=O) groups is 2. The van der Waals surface area contributed by atoms with Crippen molar-refractivity contribution in [3.05, 3.63) is 185 Å². The van der Waals surface area contributed by atoms with E-state index in [1.807, 2.05) is 51.5 Å². The molecule has 14 rings (SSSR count). The summed E-state index contributed by atoms with van der Waals surface area (Å²) in [7, 11) is 2.35. The number of para-hydroxylation sites is 2. The SMILES string of the molecule is CN(C)CCOc1ccc2nnc(N)nc2c1.CNCCOc1ccc2nnc(N)nc2c1.NCCOc1ccc(Cl)cc1NC(=O)Nc1ncc[n+]([O-])n1.NCCOc1ccc(Cl)cc1NC(=O)Nc1nccnn1.NCCOc1ccc2nnc(N)nc2c1.O=S(=O)(c1ccc(Nc2nc3ccccc3[n+]([O-])n2)cc1)N1CCCNCC1. The van der Waals surface area contributed by atoms with Crippen LogP contribution in [0.1, 0.15) is 6.42 Å². The molecule has 7 heterocycles. The van der Waals surface area contributed by atoms with Gasteiger partial charge in [0.25, 0.3) is 23.4 Å². The second-order valence-corrected chi connectivity index (χ2v) is 27.3. The van der Waals surface area contributed by atoms with Gasteiger partial charge in [0.2, 0.25) is 34.1 Å². The average molecular weight is 1690 g/mol. The first kappa shape index (κ1) is 89.2. The van der Waals surface area contributed by atoms with E-state index < -0.39 is 22.1 Å².